The quantitative estimate of drug-likeness (QED) is 0.779. The van der Waals surface area contributed by atoms with Crippen molar-refractivity contribution in [2.75, 3.05) is 0 Å². The summed E-state index contributed by atoms with van der Waals surface area (Å²) in [6.07, 6.45) is 3.54. The molecule has 2 rings (SSSR count). The molecule has 0 saturated carbocycles. The summed E-state index contributed by atoms with van der Waals surface area (Å²) in [7, 11) is 0. The Morgan fingerprint density at radius 1 is 1.44 bits per heavy atom. The van der Waals surface area contributed by atoms with Gasteiger partial charge in [0.2, 0.25) is 0 Å². The van der Waals surface area contributed by atoms with Crippen molar-refractivity contribution in [3.63, 3.8) is 0 Å². The highest BCUT2D eigenvalue weighted by Gasteiger charge is 2.19. The monoisotopic (exact) mass is 247 g/mol. The SMILES string of the molecule is Cc1noc(C)c1C(=O)Cn1ccnc1C(C)C. The molecular formula is C13H17N3O2. The number of carbonyl (C=O) groups excluding carboxylic acids is 1. The van der Waals surface area contributed by atoms with E-state index < -0.39 is 0 Å². The standard InChI is InChI=1S/C13H17N3O2/c1-8(2)13-14-5-6-16(13)7-11(17)12-9(3)15-18-10(12)4/h5-6,8H,7H2,1-4H3. The van der Waals surface area contributed by atoms with Crippen LogP contribution in [-0.2, 0) is 6.54 Å². The maximum absolute atomic E-state index is 12.2. The second kappa shape index (κ2) is 4.76. The molecule has 0 bridgehead atoms. The fourth-order valence-corrected chi connectivity index (χ4v) is 2.07. The van der Waals surface area contributed by atoms with Crippen molar-refractivity contribution in [2.24, 2.45) is 0 Å². The topological polar surface area (TPSA) is 60.9 Å². The van der Waals surface area contributed by atoms with Gasteiger partial charge in [-0.1, -0.05) is 19.0 Å². The van der Waals surface area contributed by atoms with Gasteiger partial charge in [-0.25, -0.2) is 4.98 Å². The molecule has 96 valence electrons. The predicted molar refractivity (Wildman–Crippen MR) is 66.6 cm³/mol. The van der Waals surface area contributed by atoms with Crippen molar-refractivity contribution < 1.29 is 9.32 Å². The lowest BCUT2D eigenvalue weighted by atomic mass is 10.1. The first-order chi connectivity index (χ1) is 8.50. The smallest absolute Gasteiger partial charge is 0.187 e. The molecule has 0 aliphatic heterocycles. The number of hydrogen-bond donors (Lipinski definition) is 0. The van der Waals surface area contributed by atoms with Gasteiger partial charge in [-0.05, 0) is 13.8 Å². The average molecular weight is 247 g/mol. The van der Waals surface area contributed by atoms with E-state index in [1.807, 2.05) is 10.8 Å². The zero-order valence-corrected chi connectivity index (χ0v) is 11.1. The molecule has 5 nitrogen and oxygen atoms in total. The van der Waals surface area contributed by atoms with Gasteiger partial charge >= 0.3 is 0 Å². The number of aromatic nitrogens is 3. The third kappa shape index (κ3) is 2.20. The minimum Gasteiger partial charge on any atom is -0.361 e. The molecule has 0 atom stereocenters. The largest absolute Gasteiger partial charge is 0.361 e. The number of carbonyl (C=O) groups is 1. The summed E-state index contributed by atoms with van der Waals surface area (Å²) in [6.45, 7) is 7.92. The van der Waals surface area contributed by atoms with Gasteiger partial charge in [0.15, 0.2) is 5.78 Å². The van der Waals surface area contributed by atoms with Crippen LogP contribution in [0.5, 0.6) is 0 Å². The Morgan fingerprint density at radius 3 is 2.72 bits per heavy atom. The highest BCUT2D eigenvalue weighted by Crippen LogP contribution is 2.16. The molecule has 0 aromatic carbocycles. The van der Waals surface area contributed by atoms with E-state index in [2.05, 4.69) is 24.0 Å². The van der Waals surface area contributed by atoms with Crippen LogP contribution < -0.4 is 0 Å². The van der Waals surface area contributed by atoms with Crippen molar-refractivity contribution in [2.45, 2.75) is 40.2 Å². The number of nitrogens with zero attached hydrogens (tertiary/aromatic N) is 3. The highest BCUT2D eigenvalue weighted by atomic mass is 16.5. The van der Waals surface area contributed by atoms with Crippen LogP contribution in [0.2, 0.25) is 0 Å². The lowest BCUT2D eigenvalue weighted by Gasteiger charge is -2.09. The molecule has 0 unspecified atom stereocenters. The number of hydrogen-bond acceptors (Lipinski definition) is 4. The van der Waals surface area contributed by atoms with Gasteiger partial charge < -0.3 is 9.09 Å². The molecule has 0 N–H and O–H groups in total. The molecule has 0 spiro atoms. The van der Waals surface area contributed by atoms with Crippen LogP contribution in [0.15, 0.2) is 16.9 Å². The van der Waals surface area contributed by atoms with Crippen molar-refractivity contribution in [1.82, 2.24) is 14.7 Å². The van der Waals surface area contributed by atoms with Gasteiger partial charge in [0, 0.05) is 18.3 Å². The fraction of sp³-hybridized carbons (Fsp3) is 0.462. The lowest BCUT2D eigenvalue weighted by Crippen LogP contribution is -2.14. The van der Waals surface area contributed by atoms with Crippen LogP contribution in [0.1, 0.15) is 47.4 Å². The van der Waals surface area contributed by atoms with Gasteiger partial charge in [-0.3, -0.25) is 4.79 Å². The molecule has 0 amide bonds. The molecule has 2 aromatic heterocycles. The molecule has 5 heteroatoms. The van der Waals surface area contributed by atoms with E-state index in [9.17, 15) is 4.79 Å². The predicted octanol–water partition coefficient (Wildman–Crippen LogP) is 2.49. The Bertz CT molecular complexity index is 547. The normalized spacial score (nSPS) is 11.2. The maximum Gasteiger partial charge on any atom is 0.187 e. The Labute approximate surface area is 106 Å². The molecule has 0 aliphatic carbocycles. The summed E-state index contributed by atoms with van der Waals surface area (Å²) < 4.78 is 6.89. The van der Waals surface area contributed by atoms with Gasteiger partial charge in [0.05, 0.1) is 17.8 Å². The molecule has 2 aromatic rings. The van der Waals surface area contributed by atoms with Gasteiger partial charge in [0.25, 0.3) is 0 Å². The van der Waals surface area contributed by atoms with E-state index in [0.29, 0.717) is 17.0 Å². The minimum absolute atomic E-state index is 0.00569. The van der Waals surface area contributed by atoms with E-state index in [-0.39, 0.29) is 18.2 Å². The van der Waals surface area contributed by atoms with Crippen LogP contribution in [0.4, 0.5) is 0 Å². The Hall–Kier alpha value is -1.91. The van der Waals surface area contributed by atoms with Crippen molar-refractivity contribution in [3.05, 3.63) is 35.2 Å². The maximum atomic E-state index is 12.2. The van der Waals surface area contributed by atoms with Crippen molar-refractivity contribution in [1.29, 1.82) is 0 Å². The summed E-state index contributed by atoms with van der Waals surface area (Å²) in [4.78, 5) is 16.5. The average Bonchev–Trinajstić information content (AvgIpc) is 2.86. The summed E-state index contributed by atoms with van der Waals surface area (Å²) in [5.41, 5.74) is 1.22. The van der Waals surface area contributed by atoms with Gasteiger partial charge in [0.1, 0.15) is 11.6 Å². The third-order valence-corrected chi connectivity index (χ3v) is 2.89. The molecule has 2 heterocycles. The summed E-state index contributed by atoms with van der Waals surface area (Å²) in [6, 6.07) is 0. The van der Waals surface area contributed by atoms with E-state index in [1.165, 1.54) is 0 Å². The number of Topliss-reactive ketones (excluding diaryl/α,β-unsaturated/α-hetero) is 1. The number of imidazole rings is 1. The first-order valence-electron chi connectivity index (χ1n) is 5.97. The van der Waals surface area contributed by atoms with Crippen LogP contribution in [0.25, 0.3) is 0 Å². The molecular weight excluding hydrogens is 230 g/mol. The fourth-order valence-electron chi connectivity index (χ4n) is 2.07. The second-order valence-electron chi connectivity index (χ2n) is 4.69. The number of ketones is 1. The minimum atomic E-state index is 0.00569. The third-order valence-electron chi connectivity index (χ3n) is 2.89. The molecule has 0 saturated heterocycles. The van der Waals surface area contributed by atoms with Crippen molar-refractivity contribution in [3.8, 4) is 0 Å². The first kappa shape index (κ1) is 12.5. The summed E-state index contributed by atoms with van der Waals surface area (Å²) in [5.74, 6) is 1.78. The summed E-state index contributed by atoms with van der Waals surface area (Å²) >= 11 is 0. The number of aryl methyl sites for hydroxylation is 2. The molecule has 0 fully saturated rings. The van der Waals surface area contributed by atoms with E-state index in [0.717, 1.165) is 5.82 Å². The summed E-state index contributed by atoms with van der Waals surface area (Å²) in [5, 5.41) is 3.80. The molecule has 18 heavy (non-hydrogen) atoms. The second-order valence-corrected chi connectivity index (χ2v) is 4.69. The molecule has 0 aliphatic rings. The van der Waals surface area contributed by atoms with Crippen LogP contribution in [-0.4, -0.2) is 20.5 Å². The van der Waals surface area contributed by atoms with E-state index in [1.54, 1.807) is 20.0 Å². The first-order valence-corrected chi connectivity index (χ1v) is 5.97. The van der Waals surface area contributed by atoms with Crippen molar-refractivity contribution >= 4 is 5.78 Å². The van der Waals surface area contributed by atoms with Gasteiger partial charge in [-0.2, -0.15) is 0 Å². The van der Waals surface area contributed by atoms with E-state index >= 15 is 0 Å². The zero-order valence-electron chi connectivity index (χ0n) is 11.1. The van der Waals surface area contributed by atoms with Crippen LogP contribution in [0, 0.1) is 13.8 Å². The van der Waals surface area contributed by atoms with E-state index in [4.69, 9.17) is 4.52 Å². The number of rotatable bonds is 4. The zero-order chi connectivity index (χ0) is 13.3. The Kier molecular flexibility index (Phi) is 3.32. The van der Waals surface area contributed by atoms with Crippen LogP contribution in [0.3, 0.4) is 0 Å². The Morgan fingerprint density at radius 2 is 2.17 bits per heavy atom. The lowest BCUT2D eigenvalue weighted by molar-refractivity contribution is 0.0969. The van der Waals surface area contributed by atoms with Crippen LogP contribution >= 0.6 is 0 Å². The Balaban J connectivity index is 2.25. The van der Waals surface area contributed by atoms with Gasteiger partial charge in [-0.15, -0.1) is 0 Å². The highest BCUT2D eigenvalue weighted by molar-refractivity contribution is 5.97. The molecule has 0 radical (unpaired) electrons.